The van der Waals surface area contributed by atoms with Crippen LogP contribution < -0.4 is 0 Å². The molecule has 3 aliphatic carbocycles. The highest BCUT2D eigenvalue weighted by Gasteiger charge is 2.61. The van der Waals surface area contributed by atoms with Crippen LogP contribution in [0.1, 0.15) is 66.7 Å². The molecule has 2 saturated heterocycles. The lowest BCUT2D eigenvalue weighted by atomic mass is 9.44. The monoisotopic (exact) mass is 610 g/mol. The van der Waals surface area contributed by atoms with E-state index in [1.54, 1.807) is 0 Å². The largest absolute Gasteiger partial charge is 0.394 e. The lowest BCUT2D eigenvalue weighted by Gasteiger charge is -2.61. The van der Waals surface area contributed by atoms with Crippen LogP contribution in [0.4, 0.5) is 0 Å². The molecule has 2 aliphatic heterocycles. The molecule has 5 rings (SSSR count). The average molecular weight is 611 g/mol. The molecule has 0 spiro atoms. The van der Waals surface area contributed by atoms with Crippen LogP contribution in [-0.2, 0) is 23.7 Å². The molecule has 11 nitrogen and oxygen atoms in total. The van der Waals surface area contributed by atoms with Crippen molar-refractivity contribution < 1.29 is 54.4 Å². The molecule has 6 N–H and O–H groups in total. The normalized spacial score (nSPS) is 51.7. The second-order valence-corrected chi connectivity index (χ2v) is 14.6. The number of aliphatic hydroxyl groups excluding tert-OH is 6. The summed E-state index contributed by atoms with van der Waals surface area (Å²) in [4.78, 5) is 13.6. The van der Waals surface area contributed by atoms with Crippen molar-refractivity contribution >= 4 is 5.78 Å². The minimum atomic E-state index is -1.65. The third-order valence-electron chi connectivity index (χ3n) is 11.5. The first-order chi connectivity index (χ1) is 20.1. The molecule has 11 heteroatoms. The molecule has 0 aromatic carbocycles. The van der Waals surface area contributed by atoms with Crippen LogP contribution in [-0.4, -0.2) is 111 Å². The summed E-state index contributed by atoms with van der Waals surface area (Å²) in [5.74, 6) is 0.286. The molecular formula is C32H50O11. The van der Waals surface area contributed by atoms with Gasteiger partial charge < -0.3 is 49.6 Å². The van der Waals surface area contributed by atoms with E-state index in [4.69, 9.17) is 18.9 Å². The first kappa shape index (κ1) is 33.1. The molecule has 0 amide bonds. The van der Waals surface area contributed by atoms with Gasteiger partial charge in [0.25, 0.3) is 0 Å². The van der Waals surface area contributed by atoms with E-state index in [1.807, 2.05) is 6.08 Å². The Balaban J connectivity index is 1.39. The Morgan fingerprint density at radius 1 is 0.930 bits per heavy atom. The second-order valence-electron chi connectivity index (χ2n) is 14.6. The first-order valence-electron chi connectivity index (χ1n) is 15.6. The van der Waals surface area contributed by atoms with Crippen molar-refractivity contribution in [2.24, 2.45) is 28.1 Å². The van der Waals surface area contributed by atoms with E-state index in [0.29, 0.717) is 12.8 Å². The molecule has 0 aromatic rings. The molecule has 2 saturated carbocycles. The number of aliphatic hydroxyl groups is 6. The number of allylic oxidation sites excluding steroid dienone is 3. The van der Waals surface area contributed by atoms with Crippen molar-refractivity contribution in [2.75, 3.05) is 6.61 Å². The Morgan fingerprint density at radius 2 is 1.63 bits per heavy atom. The SMILES string of the molecule is C=C[C@]1(C)C=C2C(=O)C[C@H]3C(C)(C)[C@@H](O[C@@H]4O[C@H](CO)[C@@H](O)[C@H](O)[C@H]4O[C@@H]4O[C@H](C)[C@H](O)[C@@H](O)[C@H]4O)CC[C@]3(C)[C@H]2CC1. The fraction of sp³-hybridized carbons (Fsp3) is 0.844. The van der Waals surface area contributed by atoms with Crippen molar-refractivity contribution in [2.45, 2.75) is 134 Å². The molecule has 4 fully saturated rings. The van der Waals surface area contributed by atoms with Gasteiger partial charge in [-0.3, -0.25) is 4.79 Å². The van der Waals surface area contributed by atoms with Gasteiger partial charge in [0.1, 0.15) is 42.7 Å². The third-order valence-corrected chi connectivity index (χ3v) is 11.5. The van der Waals surface area contributed by atoms with Gasteiger partial charge >= 0.3 is 0 Å². The number of rotatable bonds is 6. The zero-order valence-corrected chi connectivity index (χ0v) is 25.8. The van der Waals surface area contributed by atoms with Crippen LogP contribution in [0.5, 0.6) is 0 Å². The highest BCUT2D eigenvalue weighted by Crippen LogP contribution is 2.63. The number of ketones is 1. The lowest BCUT2D eigenvalue weighted by Crippen LogP contribution is -2.65. The summed E-state index contributed by atoms with van der Waals surface area (Å²) < 4.78 is 24.0. The molecule has 2 heterocycles. The van der Waals surface area contributed by atoms with Crippen molar-refractivity contribution in [1.82, 2.24) is 0 Å². The van der Waals surface area contributed by atoms with E-state index in [2.05, 4.69) is 40.3 Å². The Kier molecular flexibility index (Phi) is 9.12. The third kappa shape index (κ3) is 5.58. The molecule has 5 aliphatic rings. The van der Waals surface area contributed by atoms with Crippen molar-refractivity contribution in [3.8, 4) is 0 Å². The number of carbonyl (C=O) groups is 1. The number of Topliss-reactive ketones (excluding diaryl/α,β-unsaturated/α-hetero) is 1. The van der Waals surface area contributed by atoms with Crippen molar-refractivity contribution in [1.29, 1.82) is 0 Å². The molecular weight excluding hydrogens is 560 g/mol. The number of hydrogen-bond acceptors (Lipinski definition) is 11. The summed E-state index contributed by atoms with van der Waals surface area (Å²) in [6.45, 7) is 13.5. The lowest BCUT2D eigenvalue weighted by molar-refractivity contribution is -0.375. The van der Waals surface area contributed by atoms with E-state index in [0.717, 1.165) is 24.8 Å². The Hall–Kier alpha value is -1.25. The summed E-state index contributed by atoms with van der Waals surface area (Å²) in [6.07, 6.45) is -6.56. The van der Waals surface area contributed by atoms with E-state index in [9.17, 15) is 35.4 Å². The molecule has 0 radical (unpaired) electrons. The van der Waals surface area contributed by atoms with Gasteiger partial charge in [-0.25, -0.2) is 0 Å². The summed E-state index contributed by atoms with van der Waals surface area (Å²) in [5, 5.41) is 62.5. The Morgan fingerprint density at radius 3 is 2.28 bits per heavy atom. The molecule has 43 heavy (non-hydrogen) atoms. The van der Waals surface area contributed by atoms with Gasteiger partial charge in [0.2, 0.25) is 0 Å². The van der Waals surface area contributed by atoms with Gasteiger partial charge in [0.15, 0.2) is 18.4 Å². The van der Waals surface area contributed by atoms with Crippen LogP contribution >= 0.6 is 0 Å². The van der Waals surface area contributed by atoms with Gasteiger partial charge in [-0.05, 0) is 60.8 Å². The minimum Gasteiger partial charge on any atom is -0.394 e. The molecule has 244 valence electrons. The second kappa shape index (κ2) is 11.8. The summed E-state index contributed by atoms with van der Waals surface area (Å²) in [5.41, 5.74) is 0.0874. The van der Waals surface area contributed by atoms with Gasteiger partial charge in [-0.15, -0.1) is 6.58 Å². The highest BCUT2D eigenvalue weighted by molar-refractivity contribution is 5.97. The van der Waals surface area contributed by atoms with Gasteiger partial charge in [-0.2, -0.15) is 0 Å². The maximum Gasteiger partial charge on any atom is 0.187 e. The summed E-state index contributed by atoms with van der Waals surface area (Å²) in [7, 11) is 0. The standard InChI is InChI=1S/C32H50O11/c1-7-31(5)10-8-17-16(13-31)18(34)12-20-30(3,4)21(9-11-32(17,20)6)42-29-27(25(38)23(36)19(14-33)41-29)43-28-26(39)24(37)22(35)15(2)40-28/h7,13,15,17,19-29,33,35-39H,1,8-12,14H2,2-6H3/t15-,17+,19-,20+,21+,22+,23-,24-,25+,26-,27-,28+,29+,31+,32-/m1/s1. The fourth-order valence-electron chi connectivity index (χ4n) is 8.54. The molecule has 0 bridgehead atoms. The summed E-state index contributed by atoms with van der Waals surface area (Å²) >= 11 is 0. The highest BCUT2D eigenvalue weighted by atomic mass is 16.8. The number of ether oxygens (including phenoxy) is 4. The van der Waals surface area contributed by atoms with E-state index >= 15 is 0 Å². The number of carbonyl (C=O) groups excluding carboxylic acids is 1. The zero-order valence-electron chi connectivity index (χ0n) is 25.8. The van der Waals surface area contributed by atoms with Gasteiger partial charge in [-0.1, -0.05) is 39.8 Å². The quantitative estimate of drug-likeness (QED) is 0.187. The number of fused-ring (bicyclic) bond motifs is 3. The Labute approximate surface area is 253 Å². The van der Waals surface area contributed by atoms with E-state index < -0.39 is 79.5 Å². The van der Waals surface area contributed by atoms with E-state index in [-0.39, 0.29) is 28.4 Å². The van der Waals surface area contributed by atoms with Gasteiger partial charge in [0, 0.05) is 11.8 Å². The smallest absolute Gasteiger partial charge is 0.187 e. The zero-order chi connectivity index (χ0) is 31.6. The molecule has 15 atom stereocenters. The van der Waals surface area contributed by atoms with Crippen LogP contribution in [0.15, 0.2) is 24.3 Å². The van der Waals surface area contributed by atoms with Crippen LogP contribution in [0.2, 0.25) is 0 Å². The maximum atomic E-state index is 13.6. The number of hydrogen-bond donors (Lipinski definition) is 6. The van der Waals surface area contributed by atoms with Gasteiger partial charge in [0.05, 0.1) is 18.8 Å². The minimum absolute atomic E-state index is 0.00502. The molecule has 0 unspecified atom stereocenters. The van der Waals surface area contributed by atoms with Crippen molar-refractivity contribution in [3.63, 3.8) is 0 Å². The average Bonchev–Trinajstić information content (AvgIpc) is 2.97. The van der Waals surface area contributed by atoms with Crippen LogP contribution in [0, 0.1) is 28.1 Å². The summed E-state index contributed by atoms with van der Waals surface area (Å²) in [6, 6.07) is 0. The topological polar surface area (TPSA) is 175 Å². The predicted octanol–water partition coefficient (Wildman–Crippen LogP) is 0.967. The van der Waals surface area contributed by atoms with E-state index in [1.165, 1.54) is 6.92 Å². The first-order valence-corrected chi connectivity index (χ1v) is 15.6. The predicted molar refractivity (Wildman–Crippen MR) is 153 cm³/mol. The van der Waals surface area contributed by atoms with Crippen LogP contribution in [0.25, 0.3) is 0 Å². The Bertz CT molecular complexity index is 1090. The van der Waals surface area contributed by atoms with Crippen LogP contribution in [0.3, 0.4) is 0 Å². The molecule has 0 aromatic heterocycles. The fourth-order valence-corrected chi connectivity index (χ4v) is 8.54. The van der Waals surface area contributed by atoms with Crippen molar-refractivity contribution in [3.05, 3.63) is 24.3 Å². The maximum absolute atomic E-state index is 13.6.